The molecule has 0 atom stereocenters. The molecular formula is C28H45NO6. The van der Waals surface area contributed by atoms with Crippen LogP contribution in [0.3, 0.4) is 0 Å². The van der Waals surface area contributed by atoms with Crippen molar-refractivity contribution in [3.8, 4) is 0 Å². The summed E-state index contributed by atoms with van der Waals surface area (Å²) in [6, 6.07) is 3.61. The first-order valence-corrected chi connectivity index (χ1v) is 13.6. The van der Waals surface area contributed by atoms with Gasteiger partial charge in [0.2, 0.25) is 0 Å². The Morgan fingerprint density at radius 1 is 0.629 bits per heavy atom. The molecule has 0 radical (unpaired) electrons. The lowest BCUT2D eigenvalue weighted by atomic mass is 10.1. The van der Waals surface area contributed by atoms with E-state index in [4.69, 9.17) is 9.47 Å². The third-order valence-corrected chi connectivity index (χ3v) is 6.06. The standard InChI is InChI=1S/C28H45NO6/c1-3-5-7-9-11-13-15-17-19-34-27(30)24-21-25(23-26(22-24)29(32)33)28(31)35-20-18-16-14-12-10-8-6-4-2/h21-23H,3-20H2,1-2H3. The van der Waals surface area contributed by atoms with Crippen LogP contribution in [0.15, 0.2) is 18.2 Å². The summed E-state index contributed by atoms with van der Waals surface area (Å²) < 4.78 is 10.6. The number of nitrogens with zero attached hydrogens (tertiary/aromatic N) is 1. The number of carbonyl (C=O) groups excluding carboxylic acids is 2. The molecule has 0 aliphatic rings. The average Bonchev–Trinajstić information content (AvgIpc) is 2.86. The summed E-state index contributed by atoms with van der Waals surface area (Å²) in [5.41, 5.74) is -0.332. The number of hydrogen-bond donors (Lipinski definition) is 0. The van der Waals surface area contributed by atoms with Crippen LogP contribution in [0.1, 0.15) is 137 Å². The highest BCUT2D eigenvalue weighted by Gasteiger charge is 2.19. The number of nitro benzene ring substituents is 1. The molecule has 7 heteroatoms. The Bertz CT molecular complexity index is 697. The molecule has 0 aliphatic carbocycles. The minimum Gasteiger partial charge on any atom is -0.462 e. The molecule has 35 heavy (non-hydrogen) atoms. The van der Waals surface area contributed by atoms with Gasteiger partial charge in [-0.05, 0) is 18.9 Å². The van der Waals surface area contributed by atoms with Crippen molar-refractivity contribution in [2.45, 2.75) is 117 Å². The number of hydrogen-bond acceptors (Lipinski definition) is 6. The molecule has 0 aliphatic heterocycles. The van der Waals surface area contributed by atoms with E-state index in [0.717, 1.165) is 50.7 Å². The first-order valence-electron chi connectivity index (χ1n) is 13.6. The van der Waals surface area contributed by atoms with Gasteiger partial charge in [-0.1, -0.05) is 104 Å². The predicted octanol–water partition coefficient (Wildman–Crippen LogP) is 8.19. The summed E-state index contributed by atoms with van der Waals surface area (Å²) >= 11 is 0. The van der Waals surface area contributed by atoms with Gasteiger partial charge in [-0.15, -0.1) is 0 Å². The van der Waals surface area contributed by atoms with E-state index in [9.17, 15) is 19.7 Å². The highest BCUT2D eigenvalue weighted by molar-refractivity contribution is 5.96. The second kappa shape index (κ2) is 19.8. The molecule has 0 saturated heterocycles. The first-order chi connectivity index (χ1) is 17.0. The lowest BCUT2D eigenvalue weighted by Gasteiger charge is -2.08. The van der Waals surface area contributed by atoms with Gasteiger partial charge >= 0.3 is 11.9 Å². The van der Waals surface area contributed by atoms with Gasteiger partial charge in [0.1, 0.15) is 0 Å². The Balaban J connectivity index is 2.43. The number of unbranched alkanes of at least 4 members (excludes halogenated alkanes) is 14. The molecule has 198 valence electrons. The Kier molecular flexibility index (Phi) is 17.3. The van der Waals surface area contributed by atoms with Crippen molar-refractivity contribution in [2.24, 2.45) is 0 Å². The van der Waals surface area contributed by atoms with Crippen molar-refractivity contribution in [1.29, 1.82) is 0 Å². The van der Waals surface area contributed by atoms with Gasteiger partial charge in [0.05, 0.1) is 29.3 Å². The van der Waals surface area contributed by atoms with Gasteiger partial charge < -0.3 is 9.47 Å². The second-order valence-corrected chi connectivity index (χ2v) is 9.25. The van der Waals surface area contributed by atoms with Crippen LogP contribution in [0.2, 0.25) is 0 Å². The minimum absolute atomic E-state index is 0.00204. The monoisotopic (exact) mass is 491 g/mol. The quantitative estimate of drug-likeness (QED) is 0.0744. The Labute approximate surface area is 211 Å². The molecule has 1 aromatic carbocycles. The Morgan fingerprint density at radius 2 is 0.971 bits per heavy atom. The maximum absolute atomic E-state index is 12.4. The highest BCUT2D eigenvalue weighted by atomic mass is 16.6. The van der Waals surface area contributed by atoms with Gasteiger partial charge in [0.25, 0.3) is 5.69 Å². The summed E-state index contributed by atoms with van der Waals surface area (Å²) in [6.07, 6.45) is 18.0. The summed E-state index contributed by atoms with van der Waals surface area (Å²) in [7, 11) is 0. The van der Waals surface area contributed by atoms with E-state index in [2.05, 4.69) is 13.8 Å². The molecule has 0 heterocycles. The van der Waals surface area contributed by atoms with Crippen LogP contribution in [0.5, 0.6) is 0 Å². The summed E-state index contributed by atoms with van der Waals surface area (Å²) in [6.45, 7) is 4.91. The number of nitro groups is 1. The smallest absolute Gasteiger partial charge is 0.338 e. The predicted molar refractivity (Wildman–Crippen MR) is 139 cm³/mol. The van der Waals surface area contributed by atoms with Crippen molar-refractivity contribution in [3.05, 3.63) is 39.4 Å². The number of rotatable bonds is 21. The fourth-order valence-electron chi connectivity index (χ4n) is 3.92. The molecule has 0 N–H and O–H groups in total. The van der Waals surface area contributed by atoms with Gasteiger partial charge in [0.15, 0.2) is 0 Å². The highest BCUT2D eigenvalue weighted by Crippen LogP contribution is 2.20. The normalized spacial score (nSPS) is 10.8. The fraction of sp³-hybridized carbons (Fsp3) is 0.714. The van der Waals surface area contributed by atoms with Crippen molar-refractivity contribution >= 4 is 17.6 Å². The molecule has 0 aromatic heterocycles. The van der Waals surface area contributed by atoms with Gasteiger partial charge in [-0.3, -0.25) is 10.1 Å². The maximum atomic E-state index is 12.4. The molecule has 0 saturated carbocycles. The van der Waals surface area contributed by atoms with Crippen LogP contribution in [0.25, 0.3) is 0 Å². The molecule has 0 amide bonds. The minimum atomic E-state index is -0.659. The van der Waals surface area contributed by atoms with Gasteiger partial charge in [0, 0.05) is 12.1 Å². The maximum Gasteiger partial charge on any atom is 0.338 e. The number of carbonyl (C=O) groups is 2. The van der Waals surface area contributed by atoms with E-state index >= 15 is 0 Å². The summed E-state index contributed by atoms with van der Waals surface area (Å²) in [4.78, 5) is 35.5. The van der Waals surface area contributed by atoms with E-state index in [1.165, 1.54) is 70.3 Å². The van der Waals surface area contributed by atoms with E-state index in [0.29, 0.717) is 0 Å². The Hall–Kier alpha value is -2.44. The van der Waals surface area contributed by atoms with E-state index in [1.807, 2.05) is 0 Å². The lowest BCUT2D eigenvalue weighted by molar-refractivity contribution is -0.384. The van der Waals surface area contributed by atoms with Crippen LogP contribution < -0.4 is 0 Å². The summed E-state index contributed by atoms with van der Waals surface area (Å²) in [5, 5.41) is 11.3. The van der Waals surface area contributed by atoms with Crippen LogP contribution >= 0.6 is 0 Å². The number of ether oxygens (including phenoxy) is 2. The van der Waals surface area contributed by atoms with Crippen LogP contribution in [0, 0.1) is 10.1 Å². The zero-order valence-electron chi connectivity index (χ0n) is 21.9. The average molecular weight is 492 g/mol. The van der Waals surface area contributed by atoms with Gasteiger partial charge in [-0.2, -0.15) is 0 Å². The van der Waals surface area contributed by atoms with Crippen LogP contribution in [-0.2, 0) is 9.47 Å². The molecule has 0 bridgehead atoms. The number of non-ortho nitro benzene ring substituents is 1. The first kappa shape index (κ1) is 30.6. The van der Waals surface area contributed by atoms with Crippen molar-refractivity contribution < 1.29 is 24.0 Å². The van der Waals surface area contributed by atoms with Crippen molar-refractivity contribution in [1.82, 2.24) is 0 Å². The molecule has 1 rings (SSSR count). The number of esters is 2. The van der Waals surface area contributed by atoms with Crippen LogP contribution in [0.4, 0.5) is 5.69 Å². The second-order valence-electron chi connectivity index (χ2n) is 9.25. The SMILES string of the molecule is CCCCCCCCCCOC(=O)c1cc(C(=O)OCCCCCCCCCC)cc([N+](=O)[O-])c1. The fourth-order valence-corrected chi connectivity index (χ4v) is 3.92. The zero-order chi connectivity index (χ0) is 25.7. The summed E-state index contributed by atoms with van der Waals surface area (Å²) in [5.74, 6) is -1.32. The molecule has 0 fully saturated rings. The molecule has 1 aromatic rings. The Morgan fingerprint density at radius 3 is 1.31 bits per heavy atom. The lowest BCUT2D eigenvalue weighted by Crippen LogP contribution is -2.11. The van der Waals surface area contributed by atoms with E-state index < -0.39 is 16.9 Å². The van der Waals surface area contributed by atoms with Crippen LogP contribution in [-0.4, -0.2) is 30.1 Å². The zero-order valence-corrected chi connectivity index (χ0v) is 21.9. The molecule has 0 unspecified atom stereocenters. The third kappa shape index (κ3) is 14.5. The van der Waals surface area contributed by atoms with Gasteiger partial charge in [-0.25, -0.2) is 9.59 Å². The van der Waals surface area contributed by atoms with Crippen molar-refractivity contribution in [3.63, 3.8) is 0 Å². The van der Waals surface area contributed by atoms with E-state index in [1.54, 1.807) is 0 Å². The largest absolute Gasteiger partial charge is 0.462 e. The number of benzene rings is 1. The van der Waals surface area contributed by atoms with E-state index in [-0.39, 0.29) is 30.0 Å². The molecule has 7 nitrogen and oxygen atoms in total. The molecule has 0 spiro atoms. The van der Waals surface area contributed by atoms with Crippen molar-refractivity contribution in [2.75, 3.05) is 13.2 Å². The third-order valence-electron chi connectivity index (χ3n) is 6.06. The molecular weight excluding hydrogens is 446 g/mol. The topological polar surface area (TPSA) is 95.7 Å².